The maximum absolute atomic E-state index is 13.8. The average molecular weight is 382 g/mol. The number of methoxy groups -OCH3 is 1. The Morgan fingerprint density at radius 3 is 2.73 bits per heavy atom. The van der Waals surface area contributed by atoms with Crippen molar-refractivity contribution in [3.63, 3.8) is 0 Å². The first kappa shape index (κ1) is 19.6. The number of nitro benzene ring substituents is 1. The molecule has 0 bridgehead atoms. The van der Waals surface area contributed by atoms with E-state index in [-0.39, 0.29) is 35.1 Å². The summed E-state index contributed by atoms with van der Waals surface area (Å²) >= 11 is 5.97. The van der Waals surface area contributed by atoms with Crippen molar-refractivity contribution in [3.8, 4) is 5.75 Å². The van der Waals surface area contributed by atoms with Gasteiger partial charge in [-0.25, -0.2) is 4.39 Å². The monoisotopic (exact) mass is 381 g/mol. The fourth-order valence-corrected chi connectivity index (χ4v) is 2.56. The summed E-state index contributed by atoms with van der Waals surface area (Å²) in [5.41, 5.74) is 0.0514. The van der Waals surface area contributed by atoms with Crippen LogP contribution in [-0.2, 0) is 11.3 Å². The van der Waals surface area contributed by atoms with Crippen molar-refractivity contribution >= 4 is 28.9 Å². The fraction of sp³-hybridized carbons (Fsp3) is 0.235. The number of carbonyl (C=O) groups is 1. The van der Waals surface area contributed by atoms with Crippen LogP contribution in [0, 0.1) is 15.9 Å². The van der Waals surface area contributed by atoms with Crippen molar-refractivity contribution < 1.29 is 18.8 Å². The first-order valence-corrected chi connectivity index (χ1v) is 7.93. The van der Waals surface area contributed by atoms with Crippen LogP contribution >= 0.6 is 11.6 Å². The van der Waals surface area contributed by atoms with Gasteiger partial charge in [-0.1, -0.05) is 17.7 Å². The third-order valence-electron chi connectivity index (χ3n) is 3.58. The zero-order valence-electron chi connectivity index (χ0n) is 14.2. The van der Waals surface area contributed by atoms with Crippen LogP contribution in [0.4, 0.5) is 15.8 Å². The van der Waals surface area contributed by atoms with Gasteiger partial charge in [0.05, 0.1) is 24.6 Å². The lowest BCUT2D eigenvalue weighted by Crippen LogP contribution is -2.30. The van der Waals surface area contributed by atoms with Crippen LogP contribution in [0.15, 0.2) is 36.4 Å². The Labute approximate surface area is 154 Å². The molecular formula is C17H17ClFN3O4. The van der Waals surface area contributed by atoms with Gasteiger partial charge in [0.25, 0.3) is 5.69 Å². The number of hydrogen-bond acceptors (Lipinski definition) is 5. The van der Waals surface area contributed by atoms with Crippen molar-refractivity contribution in [2.24, 2.45) is 0 Å². The lowest BCUT2D eigenvalue weighted by atomic mass is 10.2. The number of ether oxygens (including phenoxy) is 1. The number of nitrogens with one attached hydrogen (secondary N) is 1. The molecule has 2 aromatic rings. The Hall–Kier alpha value is -2.71. The number of nitro groups is 1. The minimum Gasteiger partial charge on any atom is -0.496 e. The number of amides is 1. The van der Waals surface area contributed by atoms with Gasteiger partial charge >= 0.3 is 0 Å². The molecule has 0 fully saturated rings. The molecule has 0 aliphatic rings. The third-order valence-corrected chi connectivity index (χ3v) is 3.93. The predicted octanol–water partition coefficient (Wildman–Crippen LogP) is 3.47. The van der Waals surface area contributed by atoms with Gasteiger partial charge in [0.2, 0.25) is 5.91 Å². The SMILES string of the molecule is COc1ccc(NC(=O)CN(C)Cc2c(F)cccc2Cl)c([N+](=O)[O-])c1. The lowest BCUT2D eigenvalue weighted by molar-refractivity contribution is -0.384. The third kappa shape index (κ3) is 4.90. The van der Waals surface area contributed by atoms with E-state index in [1.54, 1.807) is 18.0 Å². The zero-order chi connectivity index (χ0) is 19.3. The highest BCUT2D eigenvalue weighted by Crippen LogP contribution is 2.29. The van der Waals surface area contributed by atoms with Crippen LogP contribution in [0.25, 0.3) is 0 Å². The van der Waals surface area contributed by atoms with Crippen LogP contribution < -0.4 is 10.1 Å². The molecule has 26 heavy (non-hydrogen) atoms. The van der Waals surface area contributed by atoms with Gasteiger partial charge in [-0.2, -0.15) is 0 Å². The Morgan fingerprint density at radius 2 is 2.12 bits per heavy atom. The van der Waals surface area contributed by atoms with Gasteiger partial charge in [0.1, 0.15) is 17.3 Å². The smallest absolute Gasteiger partial charge is 0.296 e. The minimum absolute atomic E-state index is 0.0538. The minimum atomic E-state index is -0.610. The molecule has 0 saturated heterocycles. The number of halogens is 2. The standard InChI is InChI=1S/C17H17ClFN3O4/c1-21(9-12-13(18)4-3-5-14(12)19)10-17(23)20-15-7-6-11(26-2)8-16(15)22(24)25/h3-8H,9-10H2,1-2H3,(H,20,23). The summed E-state index contributed by atoms with van der Waals surface area (Å²) in [6.45, 7) is 0.0114. The summed E-state index contributed by atoms with van der Waals surface area (Å²) in [6, 6.07) is 8.47. The summed E-state index contributed by atoms with van der Waals surface area (Å²) < 4.78 is 18.8. The number of nitrogens with zero attached hydrogens (tertiary/aromatic N) is 2. The topological polar surface area (TPSA) is 84.7 Å². The second-order valence-corrected chi connectivity index (χ2v) is 5.97. The molecule has 0 saturated carbocycles. The van der Waals surface area contributed by atoms with E-state index in [0.717, 1.165) is 0 Å². The first-order chi connectivity index (χ1) is 12.3. The van der Waals surface area contributed by atoms with Crippen molar-refractivity contribution in [3.05, 3.63) is 62.9 Å². The maximum atomic E-state index is 13.8. The molecule has 0 heterocycles. The number of anilines is 1. The molecule has 2 rings (SSSR count). The van der Waals surface area contributed by atoms with Gasteiger partial charge in [-0.3, -0.25) is 19.8 Å². The van der Waals surface area contributed by atoms with Crippen molar-refractivity contribution in [2.45, 2.75) is 6.54 Å². The summed E-state index contributed by atoms with van der Waals surface area (Å²) in [7, 11) is 3.00. The fourth-order valence-electron chi connectivity index (χ4n) is 2.34. The van der Waals surface area contributed by atoms with E-state index in [9.17, 15) is 19.3 Å². The molecule has 0 aliphatic carbocycles. The molecule has 2 aromatic carbocycles. The summed E-state index contributed by atoms with van der Waals surface area (Å²) in [5, 5.41) is 13.9. The van der Waals surface area contributed by atoms with Gasteiger partial charge in [-0.05, 0) is 31.3 Å². The zero-order valence-corrected chi connectivity index (χ0v) is 14.9. The average Bonchev–Trinajstić information content (AvgIpc) is 2.58. The van der Waals surface area contributed by atoms with E-state index in [1.165, 1.54) is 37.4 Å². The van der Waals surface area contributed by atoms with Crippen LogP contribution in [0.2, 0.25) is 5.02 Å². The van der Waals surface area contributed by atoms with Crippen LogP contribution in [-0.4, -0.2) is 36.4 Å². The van der Waals surface area contributed by atoms with Crippen molar-refractivity contribution in [2.75, 3.05) is 26.0 Å². The molecule has 0 aliphatic heterocycles. The Kier molecular flexibility index (Phi) is 6.48. The molecule has 138 valence electrons. The molecular weight excluding hydrogens is 365 g/mol. The molecule has 1 amide bonds. The molecule has 1 N–H and O–H groups in total. The van der Waals surface area contributed by atoms with E-state index in [4.69, 9.17) is 16.3 Å². The summed E-state index contributed by atoms with van der Waals surface area (Å²) in [5.74, 6) is -0.634. The van der Waals surface area contributed by atoms with Crippen LogP contribution in [0.1, 0.15) is 5.56 Å². The van der Waals surface area contributed by atoms with E-state index in [2.05, 4.69) is 5.32 Å². The van der Waals surface area contributed by atoms with Gasteiger partial charge < -0.3 is 10.1 Å². The van der Waals surface area contributed by atoms with Crippen LogP contribution in [0.5, 0.6) is 5.75 Å². The number of likely N-dealkylation sites (N-methyl/N-ethyl adjacent to an activating group) is 1. The van der Waals surface area contributed by atoms with Gasteiger partial charge in [0.15, 0.2) is 0 Å². The number of hydrogen-bond donors (Lipinski definition) is 1. The number of rotatable bonds is 7. The van der Waals surface area contributed by atoms with E-state index in [1.807, 2.05) is 0 Å². The largest absolute Gasteiger partial charge is 0.496 e. The molecule has 0 radical (unpaired) electrons. The molecule has 0 aromatic heterocycles. The van der Waals surface area contributed by atoms with E-state index in [0.29, 0.717) is 5.75 Å². The van der Waals surface area contributed by atoms with Crippen LogP contribution in [0.3, 0.4) is 0 Å². The Balaban J connectivity index is 2.05. The number of carbonyl (C=O) groups excluding carboxylic acids is 1. The molecule has 0 unspecified atom stereocenters. The summed E-state index contributed by atoms with van der Waals surface area (Å²) in [4.78, 5) is 24.3. The lowest BCUT2D eigenvalue weighted by Gasteiger charge is -2.17. The first-order valence-electron chi connectivity index (χ1n) is 7.55. The quantitative estimate of drug-likeness (QED) is 0.586. The highest BCUT2D eigenvalue weighted by molar-refractivity contribution is 6.31. The highest BCUT2D eigenvalue weighted by Gasteiger charge is 2.18. The Bertz CT molecular complexity index is 811. The summed E-state index contributed by atoms with van der Waals surface area (Å²) in [6.07, 6.45) is 0. The van der Waals surface area contributed by atoms with Crippen molar-refractivity contribution in [1.82, 2.24) is 4.90 Å². The van der Waals surface area contributed by atoms with Crippen molar-refractivity contribution in [1.29, 1.82) is 0 Å². The number of benzene rings is 2. The molecule has 0 spiro atoms. The second kappa shape index (κ2) is 8.59. The molecule has 9 heteroatoms. The molecule has 0 atom stereocenters. The molecule has 7 nitrogen and oxygen atoms in total. The van der Waals surface area contributed by atoms with Gasteiger partial charge in [-0.15, -0.1) is 0 Å². The second-order valence-electron chi connectivity index (χ2n) is 5.56. The highest BCUT2D eigenvalue weighted by atomic mass is 35.5. The van der Waals surface area contributed by atoms with E-state index >= 15 is 0 Å². The Morgan fingerprint density at radius 1 is 1.38 bits per heavy atom. The van der Waals surface area contributed by atoms with E-state index < -0.39 is 16.6 Å². The van der Waals surface area contributed by atoms with Gasteiger partial charge in [0, 0.05) is 17.1 Å². The normalized spacial score (nSPS) is 10.7. The maximum Gasteiger partial charge on any atom is 0.296 e. The predicted molar refractivity (Wildman–Crippen MR) is 96.0 cm³/mol.